The van der Waals surface area contributed by atoms with E-state index in [0.717, 1.165) is 60.3 Å². The first kappa shape index (κ1) is 17.3. The molecule has 4 atom stereocenters. The summed E-state index contributed by atoms with van der Waals surface area (Å²) in [5.41, 5.74) is 6.38. The molecule has 0 amide bonds. The van der Waals surface area contributed by atoms with Crippen LogP contribution < -0.4 is 9.80 Å². The second kappa shape index (κ2) is 5.86. The fourth-order valence-corrected chi connectivity index (χ4v) is 6.67. The Hall–Kier alpha value is -2.37. The van der Waals surface area contributed by atoms with Crippen molar-refractivity contribution >= 4 is 17.2 Å². The molecular formula is C25H28N4O. The minimum atomic E-state index is 0.197. The lowest BCUT2D eigenvalue weighted by Crippen LogP contribution is -2.52. The molecule has 4 saturated heterocycles. The number of carbonyl (C=O) groups excluding carboxylic acids is 1. The van der Waals surface area contributed by atoms with Gasteiger partial charge in [0.15, 0.2) is 5.78 Å². The zero-order valence-corrected chi connectivity index (χ0v) is 17.7. The average Bonchev–Trinajstić information content (AvgIpc) is 3.37. The SMILES string of the molecule is CN1C[C@@H]2CN(c3ccc4c(c3)C(=O)c3cc(N5C[C@H]6CN(C)[C@@H]6C5)ccc3-4)C[C@H]21. The maximum atomic E-state index is 13.4. The summed E-state index contributed by atoms with van der Waals surface area (Å²) in [6.07, 6.45) is 0. The van der Waals surface area contributed by atoms with Crippen LogP contribution in [-0.2, 0) is 0 Å². The molecule has 1 aliphatic carbocycles. The third kappa shape index (κ3) is 2.22. The number of carbonyl (C=O) groups is 1. The highest BCUT2D eigenvalue weighted by Gasteiger charge is 2.45. The Labute approximate surface area is 177 Å². The summed E-state index contributed by atoms with van der Waals surface area (Å²) in [5.74, 6) is 1.77. The van der Waals surface area contributed by atoms with Crippen molar-refractivity contribution < 1.29 is 4.79 Å². The van der Waals surface area contributed by atoms with Crippen molar-refractivity contribution in [1.29, 1.82) is 0 Å². The van der Waals surface area contributed by atoms with Gasteiger partial charge in [-0.2, -0.15) is 0 Å². The van der Waals surface area contributed by atoms with E-state index in [1.165, 1.54) is 24.5 Å². The monoisotopic (exact) mass is 400 g/mol. The van der Waals surface area contributed by atoms with Gasteiger partial charge in [-0.25, -0.2) is 0 Å². The van der Waals surface area contributed by atoms with Crippen molar-refractivity contribution in [2.24, 2.45) is 11.8 Å². The molecule has 0 N–H and O–H groups in total. The van der Waals surface area contributed by atoms with Crippen molar-refractivity contribution in [2.45, 2.75) is 12.1 Å². The molecule has 0 spiro atoms. The van der Waals surface area contributed by atoms with Gasteiger partial charge in [-0.3, -0.25) is 4.79 Å². The number of rotatable bonds is 2. The van der Waals surface area contributed by atoms with Crippen molar-refractivity contribution in [3.63, 3.8) is 0 Å². The number of fused-ring (bicyclic) bond motifs is 5. The summed E-state index contributed by atoms with van der Waals surface area (Å²) >= 11 is 0. The van der Waals surface area contributed by atoms with Gasteiger partial charge in [0.2, 0.25) is 0 Å². The fraction of sp³-hybridized carbons (Fsp3) is 0.480. The van der Waals surface area contributed by atoms with Gasteiger partial charge in [0.05, 0.1) is 0 Å². The van der Waals surface area contributed by atoms with Crippen molar-refractivity contribution in [3.05, 3.63) is 47.5 Å². The smallest absolute Gasteiger partial charge is 0.194 e. The van der Waals surface area contributed by atoms with Crippen LogP contribution >= 0.6 is 0 Å². The lowest BCUT2D eigenvalue weighted by Gasteiger charge is -2.40. The van der Waals surface area contributed by atoms with E-state index in [0.29, 0.717) is 12.1 Å². The molecule has 5 nitrogen and oxygen atoms in total. The van der Waals surface area contributed by atoms with E-state index in [4.69, 9.17) is 0 Å². The summed E-state index contributed by atoms with van der Waals surface area (Å²) in [6, 6.07) is 14.4. The minimum absolute atomic E-state index is 0.197. The van der Waals surface area contributed by atoms with Gasteiger partial charge < -0.3 is 19.6 Å². The third-order valence-corrected chi connectivity index (χ3v) is 8.51. The first-order valence-corrected chi connectivity index (χ1v) is 11.3. The molecule has 2 aromatic rings. The van der Waals surface area contributed by atoms with Crippen LogP contribution in [0, 0.1) is 11.8 Å². The lowest BCUT2D eigenvalue weighted by molar-refractivity contribution is 0.0827. The van der Waals surface area contributed by atoms with E-state index < -0.39 is 0 Å². The molecule has 154 valence electrons. The Kier molecular flexibility index (Phi) is 3.38. The molecule has 4 fully saturated rings. The van der Waals surface area contributed by atoms with E-state index in [2.05, 4.69) is 70.1 Å². The molecule has 0 radical (unpaired) electrons. The Balaban J connectivity index is 1.18. The number of likely N-dealkylation sites (tertiary alicyclic amines) is 2. The van der Waals surface area contributed by atoms with Gasteiger partial charge in [0, 0.05) is 85.7 Å². The number of likely N-dealkylation sites (N-methyl/N-ethyl adjacent to an activating group) is 2. The highest BCUT2D eigenvalue weighted by atomic mass is 16.1. The zero-order chi connectivity index (χ0) is 20.1. The van der Waals surface area contributed by atoms with Crippen LogP contribution in [0.5, 0.6) is 0 Å². The largest absolute Gasteiger partial charge is 0.370 e. The van der Waals surface area contributed by atoms with Gasteiger partial charge in [-0.05, 0) is 49.5 Å². The van der Waals surface area contributed by atoms with Crippen molar-refractivity contribution in [3.8, 4) is 11.1 Å². The summed E-state index contributed by atoms with van der Waals surface area (Å²) < 4.78 is 0. The third-order valence-electron chi connectivity index (χ3n) is 8.51. The first-order chi connectivity index (χ1) is 14.6. The molecule has 5 heteroatoms. The standard InChI is InChI=1S/C25H28N4O/c1-26-9-15-11-28(13-23(15)26)17-3-5-19-20-6-4-18(8-22(20)25(30)21(19)7-17)29-12-16-10-27(2)24(16)14-29/h3-8,15-16,23-24H,9-14H2,1-2H3/t15-,16-,23-,24-/m1/s1. The van der Waals surface area contributed by atoms with Crippen LogP contribution in [0.4, 0.5) is 11.4 Å². The summed E-state index contributed by atoms with van der Waals surface area (Å²) in [5, 5.41) is 0. The molecule has 4 heterocycles. The Morgan fingerprint density at radius 2 is 1.10 bits per heavy atom. The van der Waals surface area contributed by atoms with Crippen LogP contribution in [0.3, 0.4) is 0 Å². The van der Waals surface area contributed by atoms with Gasteiger partial charge in [-0.1, -0.05) is 12.1 Å². The second-order valence-corrected chi connectivity index (χ2v) is 10.1. The van der Waals surface area contributed by atoms with E-state index >= 15 is 0 Å². The predicted octanol–water partition coefficient (Wildman–Crippen LogP) is 2.40. The molecule has 0 aromatic heterocycles. The number of benzene rings is 2. The molecule has 0 unspecified atom stereocenters. The molecule has 4 aliphatic heterocycles. The highest BCUT2D eigenvalue weighted by molar-refractivity contribution is 6.22. The minimum Gasteiger partial charge on any atom is -0.370 e. The number of hydrogen-bond donors (Lipinski definition) is 0. The first-order valence-electron chi connectivity index (χ1n) is 11.3. The van der Waals surface area contributed by atoms with Crippen LogP contribution in [0.25, 0.3) is 11.1 Å². The fourth-order valence-electron chi connectivity index (χ4n) is 6.67. The molecule has 0 bridgehead atoms. The number of hydrogen-bond acceptors (Lipinski definition) is 5. The van der Waals surface area contributed by atoms with Gasteiger partial charge >= 0.3 is 0 Å². The van der Waals surface area contributed by atoms with E-state index in [1.54, 1.807) is 0 Å². The lowest BCUT2D eigenvalue weighted by atomic mass is 9.93. The molecule has 5 aliphatic rings. The quantitative estimate of drug-likeness (QED) is 0.659. The summed E-state index contributed by atoms with van der Waals surface area (Å²) in [6.45, 7) is 6.80. The van der Waals surface area contributed by atoms with E-state index in [9.17, 15) is 4.79 Å². The second-order valence-electron chi connectivity index (χ2n) is 10.1. The average molecular weight is 401 g/mol. The normalized spacial score (nSPS) is 31.9. The van der Waals surface area contributed by atoms with Crippen molar-refractivity contribution in [1.82, 2.24) is 9.80 Å². The van der Waals surface area contributed by atoms with E-state index in [-0.39, 0.29) is 5.78 Å². The molecule has 30 heavy (non-hydrogen) atoms. The highest BCUT2D eigenvalue weighted by Crippen LogP contribution is 2.42. The topological polar surface area (TPSA) is 30.0 Å². The van der Waals surface area contributed by atoms with Crippen LogP contribution in [0.2, 0.25) is 0 Å². The van der Waals surface area contributed by atoms with Crippen molar-refractivity contribution in [2.75, 3.05) is 63.2 Å². The van der Waals surface area contributed by atoms with Crippen LogP contribution in [0.1, 0.15) is 15.9 Å². The zero-order valence-electron chi connectivity index (χ0n) is 17.7. The Morgan fingerprint density at radius 1 is 0.633 bits per heavy atom. The molecule has 0 saturated carbocycles. The summed E-state index contributed by atoms with van der Waals surface area (Å²) in [7, 11) is 4.43. The maximum absolute atomic E-state index is 13.4. The number of ketones is 1. The molecular weight excluding hydrogens is 372 g/mol. The van der Waals surface area contributed by atoms with Gasteiger partial charge in [0.25, 0.3) is 0 Å². The molecule has 2 aromatic carbocycles. The van der Waals surface area contributed by atoms with Crippen LogP contribution in [-0.4, -0.2) is 81.0 Å². The maximum Gasteiger partial charge on any atom is 0.194 e. The van der Waals surface area contributed by atoms with Gasteiger partial charge in [-0.15, -0.1) is 0 Å². The Morgan fingerprint density at radius 3 is 1.50 bits per heavy atom. The van der Waals surface area contributed by atoms with Crippen LogP contribution in [0.15, 0.2) is 36.4 Å². The predicted molar refractivity (Wildman–Crippen MR) is 120 cm³/mol. The Bertz CT molecular complexity index is 997. The number of nitrogens with zero attached hydrogens (tertiary/aromatic N) is 4. The molecule has 7 rings (SSSR count). The summed E-state index contributed by atoms with van der Waals surface area (Å²) in [4.78, 5) is 23.2. The number of anilines is 2. The van der Waals surface area contributed by atoms with E-state index in [1.807, 2.05) is 0 Å². The van der Waals surface area contributed by atoms with Gasteiger partial charge in [0.1, 0.15) is 0 Å².